The Labute approximate surface area is 115 Å². The van der Waals surface area contributed by atoms with E-state index in [1.807, 2.05) is 32.2 Å². The van der Waals surface area contributed by atoms with E-state index < -0.39 is 0 Å². The molecule has 0 spiro atoms. The quantitative estimate of drug-likeness (QED) is 0.863. The van der Waals surface area contributed by atoms with E-state index in [-0.39, 0.29) is 0 Å². The Bertz CT molecular complexity index is 525. The topological polar surface area (TPSA) is 51.0 Å². The number of nitrogens with one attached hydrogen (secondary N) is 1. The zero-order valence-electron chi connectivity index (χ0n) is 10.5. The number of nitrogens with zero attached hydrogens (tertiary/aromatic N) is 2. The number of rotatable bonds is 5. The van der Waals surface area contributed by atoms with Crippen molar-refractivity contribution in [3.8, 4) is 11.5 Å². The number of halogens is 1. The van der Waals surface area contributed by atoms with Gasteiger partial charge >= 0.3 is 0 Å². The number of aromatic nitrogens is 2. The fraction of sp³-hybridized carbons (Fsp3) is 0.385. The van der Waals surface area contributed by atoms with Crippen molar-refractivity contribution in [2.24, 2.45) is 0 Å². The Balaban J connectivity index is 2.16. The monoisotopic (exact) mass is 309 g/mol. The van der Waals surface area contributed by atoms with E-state index in [1.54, 1.807) is 0 Å². The minimum atomic E-state index is 0.591. The van der Waals surface area contributed by atoms with E-state index in [0.717, 1.165) is 35.0 Å². The van der Waals surface area contributed by atoms with Gasteiger partial charge in [0.1, 0.15) is 0 Å². The highest BCUT2D eigenvalue weighted by Gasteiger charge is 2.11. The first-order valence-electron chi connectivity index (χ1n) is 5.95. The van der Waals surface area contributed by atoms with Crippen molar-refractivity contribution in [1.29, 1.82) is 0 Å². The van der Waals surface area contributed by atoms with E-state index >= 15 is 0 Å². The maximum absolute atomic E-state index is 5.68. The average Bonchev–Trinajstić information content (AvgIpc) is 2.82. The van der Waals surface area contributed by atoms with Gasteiger partial charge in [0, 0.05) is 16.5 Å². The molecular formula is C13H16BrN3O. The van der Waals surface area contributed by atoms with Gasteiger partial charge < -0.3 is 9.73 Å². The summed E-state index contributed by atoms with van der Waals surface area (Å²) in [6, 6.07) is 5.96. The third kappa shape index (κ3) is 2.97. The molecule has 0 saturated carbocycles. The SMILES string of the molecule is CNCCCc1nnc(-c2cccc(Br)c2C)o1. The summed E-state index contributed by atoms with van der Waals surface area (Å²) < 4.78 is 6.73. The predicted molar refractivity (Wildman–Crippen MR) is 74.4 cm³/mol. The summed E-state index contributed by atoms with van der Waals surface area (Å²) in [5, 5.41) is 11.3. The zero-order chi connectivity index (χ0) is 13.0. The molecule has 18 heavy (non-hydrogen) atoms. The lowest BCUT2D eigenvalue weighted by molar-refractivity contribution is 0.494. The number of hydrogen-bond acceptors (Lipinski definition) is 4. The largest absolute Gasteiger partial charge is 0.421 e. The van der Waals surface area contributed by atoms with Gasteiger partial charge in [-0.2, -0.15) is 0 Å². The molecule has 4 nitrogen and oxygen atoms in total. The van der Waals surface area contributed by atoms with Gasteiger partial charge in [0.2, 0.25) is 11.8 Å². The summed E-state index contributed by atoms with van der Waals surface area (Å²) in [6.45, 7) is 2.98. The average molecular weight is 310 g/mol. The molecular weight excluding hydrogens is 294 g/mol. The second kappa shape index (κ2) is 6.11. The Morgan fingerprint density at radius 3 is 2.94 bits per heavy atom. The molecule has 0 aliphatic rings. The van der Waals surface area contributed by atoms with Crippen molar-refractivity contribution in [3.05, 3.63) is 34.1 Å². The fourth-order valence-electron chi connectivity index (χ4n) is 1.72. The highest BCUT2D eigenvalue weighted by atomic mass is 79.9. The Hall–Kier alpha value is -1.20. The standard InChI is InChI=1S/C13H16BrN3O/c1-9-10(5-3-6-11(9)14)13-17-16-12(18-13)7-4-8-15-2/h3,5-6,15H,4,7-8H2,1-2H3. The second-order valence-corrected chi connectivity index (χ2v) is 4.97. The second-order valence-electron chi connectivity index (χ2n) is 4.12. The van der Waals surface area contributed by atoms with E-state index in [9.17, 15) is 0 Å². The van der Waals surface area contributed by atoms with Crippen LogP contribution in [0.1, 0.15) is 17.9 Å². The molecule has 2 aromatic rings. The molecule has 0 unspecified atom stereocenters. The molecule has 2 rings (SSSR count). The molecule has 0 amide bonds. The highest BCUT2D eigenvalue weighted by Crippen LogP contribution is 2.27. The van der Waals surface area contributed by atoms with Crippen molar-refractivity contribution in [3.63, 3.8) is 0 Å². The van der Waals surface area contributed by atoms with Crippen LogP contribution >= 0.6 is 15.9 Å². The van der Waals surface area contributed by atoms with Gasteiger partial charge in [-0.1, -0.05) is 22.0 Å². The van der Waals surface area contributed by atoms with Crippen LogP contribution in [0.4, 0.5) is 0 Å². The molecule has 0 bridgehead atoms. The summed E-state index contributed by atoms with van der Waals surface area (Å²) in [5.41, 5.74) is 2.10. The van der Waals surface area contributed by atoms with E-state index in [1.165, 1.54) is 0 Å². The third-order valence-corrected chi connectivity index (χ3v) is 3.64. The smallest absolute Gasteiger partial charge is 0.248 e. The van der Waals surface area contributed by atoms with Crippen LogP contribution < -0.4 is 5.32 Å². The van der Waals surface area contributed by atoms with Gasteiger partial charge in [-0.3, -0.25) is 0 Å². The summed E-state index contributed by atoms with van der Waals surface area (Å²) in [5.74, 6) is 1.29. The molecule has 0 saturated heterocycles. The lowest BCUT2D eigenvalue weighted by Crippen LogP contribution is -2.08. The van der Waals surface area contributed by atoms with Crippen LogP contribution in [0.5, 0.6) is 0 Å². The fourth-order valence-corrected chi connectivity index (χ4v) is 2.09. The summed E-state index contributed by atoms with van der Waals surface area (Å²) in [7, 11) is 1.93. The molecule has 1 N–H and O–H groups in total. The minimum Gasteiger partial charge on any atom is -0.421 e. The van der Waals surface area contributed by atoms with Crippen LogP contribution in [0.3, 0.4) is 0 Å². The number of aryl methyl sites for hydroxylation is 1. The van der Waals surface area contributed by atoms with Gasteiger partial charge in [-0.05, 0) is 44.6 Å². The molecule has 1 aromatic carbocycles. The molecule has 0 aliphatic heterocycles. The molecule has 5 heteroatoms. The van der Waals surface area contributed by atoms with Gasteiger partial charge in [-0.15, -0.1) is 10.2 Å². The maximum atomic E-state index is 5.68. The molecule has 0 atom stereocenters. The summed E-state index contributed by atoms with van der Waals surface area (Å²) in [6.07, 6.45) is 1.80. The number of hydrogen-bond donors (Lipinski definition) is 1. The summed E-state index contributed by atoms with van der Waals surface area (Å²) >= 11 is 3.50. The Morgan fingerprint density at radius 2 is 2.17 bits per heavy atom. The lowest BCUT2D eigenvalue weighted by Gasteiger charge is -2.02. The van der Waals surface area contributed by atoms with Gasteiger partial charge in [0.15, 0.2) is 0 Å². The zero-order valence-corrected chi connectivity index (χ0v) is 12.1. The molecule has 96 valence electrons. The maximum Gasteiger partial charge on any atom is 0.248 e. The van der Waals surface area contributed by atoms with Crippen molar-refractivity contribution in [1.82, 2.24) is 15.5 Å². The van der Waals surface area contributed by atoms with Crippen LogP contribution in [0, 0.1) is 6.92 Å². The van der Waals surface area contributed by atoms with Crippen molar-refractivity contribution in [2.75, 3.05) is 13.6 Å². The highest BCUT2D eigenvalue weighted by molar-refractivity contribution is 9.10. The van der Waals surface area contributed by atoms with Gasteiger partial charge in [0.25, 0.3) is 0 Å². The Kier molecular flexibility index (Phi) is 4.49. The van der Waals surface area contributed by atoms with Crippen LogP contribution in [0.25, 0.3) is 11.5 Å². The van der Waals surface area contributed by atoms with Crippen molar-refractivity contribution in [2.45, 2.75) is 19.8 Å². The molecule has 1 heterocycles. The Morgan fingerprint density at radius 1 is 1.33 bits per heavy atom. The van der Waals surface area contributed by atoms with E-state index in [0.29, 0.717) is 11.8 Å². The molecule has 0 radical (unpaired) electrons. The van der Waals surface area contributed by atoms with Crippen LogP contribution in [0.2, 0.25) is 0 Å². The van der Waals surface area contributed by atoms with Gasteiger partial charge in [-0.25, -0.2) is 0 Å². The van der Waals surface area contributed by atoms with Crippen LogP contribution in [-0.2, 0) is 6.42 Å². The molecule has 1 aromatic heterocycles. The van der Waals surface area contributed by atoms with Crippen molar-refractivity contribution < 1.29 is 4.42 Å². The summed E-state index contributed by atoms with van der Waals surface area (Å²) in [4.78, 5) is 0. The number of benzene rings is 1. The first-order valence-corrected chi connectivity index (χ1v) is 6.74. The first kappa shape index (κ1) is 13.2. The lowest BCUT2D eigenvalue weighted by atomic mass is 10.1. The molecule has 0 fully saturated rings. The third-order valence-electron chi connectivity index (χ3n) is 2.78. The molecule has 0 aliphatic carbocycles. The van der Waals surface area contributed by atoms with Gasteiger partial charge in [0.05, 0.1) is 0 Å². The van der Waals surface area contributed by atoms with E-state index in [4.69, 9.17) is 4.42 Å². The minimum absolute atomic E-state index is 0.591. The van der Waals surface area contributed by atoms with Crippen LogP contribution in [0.15, 0.2) is 27.1 Å². The predicted octanol–water partition coefficient (Wildman–Crippen LogP) is 2.96. The van der Waals surface area contributed by atoms with Crippen LogP contribution in [-0.4, -0.2) is 23.8 Å². The first-order chi connectivity index (χ1) is 8.72. The van der Waals surface area contributed by atoms with E-state index in [2.05, 4.69) is 31.4 Å². The van der Waals surface area contributed by atoms with Crippen molar-refractivity contribution >= 4 is 15.9 Å². The normalized spacial score (nSPS) is 10.8.